The molecular weight excluding hydrogens is 327 g/mol. The first-order valence-corrected chi connectivity index (χ1v) is 7.81. The summed E-state index contributed by atoms with van der Waals surface area (Å²) in [7, 11) is 0. The van der Waals surface area contributed by atoms with Gasteiger partial charge >= 0.3 is 6.09 Å². The van der Waals surface area contributed by atoms with Crippen LogP contribution in [0.4, 0.5) is 4.79 Å². The van der Waals surface area contributed by atoms with Gasteiger partial charge in [-0.3, -0.25) is 0 Å². The van der Waals surface area contributed by atoms with E-state index in [0.717, 1.165) is 22.6 Å². The number of hydrogen-bond acceptors (Lipinski definition) is 4. The van der Waals surface area contributed by atoms with E-state index in [4.69, 9.17) is 32.5 Å². The Morgan fingerprint density at radius 1 is 1.36 bits per heavy atom. The van der Waals surface area contributed by atoms with Crippen molar-refractivity contribution >= 4 is 29.3 Å². The van der Waals surface area contributed by atoms with Crippen LogP contribution >= 0.6 is 23.2 Å². The van der Waals surface area contributed by atoms with Gasteiger partial charge in [0.2, 0.25) is 0 Å². The summed E-state index contributed by atoms with van der Waals surface area (Å²) >= 11 is 11.4. The number of carbonyl (C=O) groups is 1. The van der Waals surface area contributed by atoms with Crippen molar-refractivity contribution in [1.82, 2.24) is 10.1 Å². The van der Waals surface area contributed by atoms with Gasteiger partial charge in [0, 0.05) is 22.7 Å². The lowest BCUT2D eigenvalue weighted by Gasteiger charge is -2.25. The van der Waals surface area contributed by atoms with Gasteiger partial charge in [0.1, 0.15) is 12.3 Å². The molecule has 2 heterocycles. The lowest BCUT2D eigenvalue weighted by molar-refractivity contribution is 0.102. The summed E-state index contributed by atoms with van der Waals surface area (Å²) in [5.41, 5.74) is 2.72. The van der Waals surface area contributed by atoms with E-state index in [-0.39, 0.29) is 18.6 Å². The summed E-state index contributed by atoms with van der Waals surface area (Å²) in [5, 5.41) is 4.76. The molecule has 5 nitrogen and oxygen atoms in total. The number of amides is 1. The van der Waals surface area contributed by atoms with Crippen LogP contribution in [0.2, 0.25) is 5.02 Å². The highest BCUT2D eigenvalue weighted by molar-refractivity contribution is 6.30. The quantitative estimate of drug-likeness (QED) is 0.799. The van der Waals surface area contributed by atoms with Crippen LogP contribution in [0.25, 0.3) is 11.3 Å². The molecule has 0 atom stereocenters. The maximum atomic E-state index is 11.9. The zero-order valence-electron chi connectivity index (χ0n) is 11.7. The second-order valence-corrected chi connectivity index (χ2v) is 5.73. The Labute approximate surface area is 137 Å². The normalized spacial score (nSPS) is 13.8. The summed E-state index contributed by atoms with van der Waals surface area (Å²) in [5.74, 6) is 1.02. The van der Waals surface area contributed by atoms with E-state index in [2.05, 4.69) is 5.16 Å². The number of hydrogen-bond donors (Lipinski definition) is 0. The third kappa shape index (κ3) is 3.05. The van der Waals surface area contributed by atoms with Crippen molar-refractivity contribution in [3.63, 3.8) is 0 Å². The lowest BCUT2D eigenvalue weighted by atomic mass is 10.0. The van der Waals surface area contributed by atoms with Gasteiger partial charge in [-0.25, -0.2) is 4.79 Å². The predicted octanol–water partition coefficient (Wildman–Crippen LogP) is 3.73. The molecule has 22 heavy (non-hydrogen) atoms. The van der Waals surface area contributed by atoms with E-state index in [0.29, 0.717) is 24.5 Å². The van der Waals surface area contributed by atoms with Crippen LogP contribution in [0, 0.1) is 0 Å². The molecular formula is C15H14Cl2N2O3. The summed E-state index contributed by atoms with van der Waals surface area (Å²) < 4.78 is 10.5. The van der Waals surface area contributed by atoms with Crippen molar-refractivity contribution in [2.45, 2.75) is 13.0 Å². The minimum Gasteiger partial charge on any atom is -0.448 e. The van der Waals surface area contributed by atoms with Gasteiger partial charge in [0.05, 0.1) is 12.4 Å². The van der Waals surface area contributed by atoms with E-state index in [1.807, 2.05) is 24.3 Å². The van der Waals surface area contributed by atoms with Gasteiger partial charge in [-0.15, -0.1) is 11.6 Å². The maximum Gasteiger partial charge on any atom is 0.410 e. The first kappa shape index (κ1) is 15.2. The van der Waals surface area contributed by atoms with Crippen LogP contribution in [0.5, 0.6) is 0 Å². The number of aromatic nitrogens is 1. The second-order valence-electron chi connectivity index (χ2n) is 4.92. The first-order chi connectivity index (χ1) is 10.7. The van der Waals surface area contributed by atoms with Gasteiger partial charge in [-0.05, 0) is 30.7 Å². The second kappa shape index (κ2) is 6.58. The largest absolute Gasteiger partial charge is 0.448 e. The summed E-state index contributed by atoms with van der Waals surface area (Å²) in [4.78, 5) is 13.5. The Morgan fingerprint density at radius 3 is 2.86 bits per heavy atom. The molecule has 0 aliphatic carbocycles. The fraction of sp³-hybridized carbons (Fsp3) is 0.333. The van der Waals surface area contributed by atoms with E-state index < -0.39 is 0 Å². The van der Waals surface area contributed by atoms with E-state index in [1.54, 1.807) is 4.90 Å². The van der Waals surface area contributed by atoms with Gasteiger partial charge in [-0.1, -0.05) is 16.8 Å². The van der Waals surface area contributed by atoms with E-state index >= 15 is 0 Å². The van der Waals surface area contributed by atoms with Crippen LogP contribution in [0.1, 0.15) is 11.3 Å². The predicted molar refractivity (Wildman–Crippen MR) is 83.1 cm³/mol. The topological polar surface area (TPSA) is 55.6 Å². The molecule has 1 amide bonds. The lowest BCUT2D eigenvalue weighted by Crippen LogP contribution is -2.36. The van der Waals surface area contributed by atoms with Crippen LogP contribution < -0.4 is 0 Å². The molecule has 7 heteroatoms. The number of carbonyl (C=O) groups excluding carboxylic acids is 1. The molecule has 1 aromatic heterocycles. The molecule has 0 spiro atoms. The summed E-state index contributed by atoms with van der Waals surface area (Å²) in [6.45, 7) is 1.15. The molecule has 1 aliphatic rings. The molecule has 0 saturated carbocycles. The van der Waals surface area contributed by atoms with Crippen molar-refractivity contribution in [2.24, 2.45) is 0 Å². The zero-order valence-corrected chi connectivity index (χ0v) is 13.2. The number of halogens is 2. The van der Waals surface area contributed by atoms with Crippen LogP contribution in [0.3, 0.4) is 0 Å². The number of fused-ring (bicyclic) bond motifs is 1. The number of ether oxygens (including phenoxy) is 1. The molecule has 116 valence electrons. The van der Waals surface area contributed by atoms with Crippen molar-refractivity contribution in [3.05, 3.63) is 40.5 Å². The van der Waals surface area contributed by atoms with Gasteiger partial charge in [0.15, 0.2) is 5.76 Å². The summed E-state index contributed by atoms with van der Waals surface area (Å²) in [6, 6.07) is 7.41. The third-order valence-corrected chi connectivity index (χ3v) is 3.92. The fourth-order valence-electron chi connectivity index (χ4n) is 2.43. The number of benzene rings is 1. The standard InChI is InChI=1S/C15H14Cl2N2O3/c16-6-8-21-15(20)19-7-5-12-13(9-19)18-22-14(12)10-1-3-11(17)4-2-10/h1-4H,5-9H2. The Morgan fingerprint density at radius 2 is 2.14 bits per heavy atom. The van der Waals surface area contributed by atoms with Gasteiger partial charge < -0.3 is 14.2 Å². The fourth-order valence-corrected chi connectivity index (χ4v) is 2.64. The van der Waals surface area contributed by atoms with Crippen molar-refractivity contribution in [1.29, 1.82) is 0 Å². The van der Waals surface area contributed by atoms with Gasteiger partial charge in [-0.2, -0.15) is 0 Å². The highest BCUT2D eigenvalue weighted by Crippen LogP contribution is 2.31. The molecule has 1 aliphatic heterocycles. The van der Waals surface area contributed by atoms with E-state index in [9.17, 15) is 4.79 Å². The Bertz CT molecular complexity index is 670. The Hall–Kier alpha value is -1.72. The van der Waals surface area contributed by atoms with Crippen LogP contribution in [-0.4, -0.2) is 35.2 Å². The summed E-state index contributed by atoms with van der Waals surface area (Å²) in [6.07, 6.45) is 0.301. The highest BCUT2D eigenvalue weighted by atomic mass is 35.5. The molecule has 0 radical (unpaired) electrons. The highest BCUT2D eigenvalue weighted by Gasteiger charge is 2.27. The maximum absolute atomic E-state index is 11.9. The molecule has 0 fully saturated rings. The van der Waals surface area contributed by atoms with E-state index in [1.165, 1.54) is 0 Å². The third-order valence-electron chi connectivity index (χ3n) is 3.51. The number of alkyl halides is 1. The molecule has 0 bridgehead atoms. The van der Waals surface area contributed by atoms with Crippen molar-refractivity contribution < 1.29 is 14.1 Å². The average molecular weight is 341 g/mol. The molecule has 3 rings (SSSR count). The Kier molecular flexibility index (Phi) is 4.55. The van der Waals surface area contributed by atoms with Gasteiger partial charge in [0.25, 0.3) is 0 Å². The SMILES string of the molecule is O=C(OCCCl)N1CCc2c(noc2-c2ccc(Cl)cc2)C1. The molecule has 1 aromatic carbocycles. The van der Waals surface area contributed by atoms with Crippen molar-refractivity contribution in [3.8, 4) is 11.3 Å². The molecule has 0 saturated heterocycles. The molecule has 2 aromatic rings. The smallest absolute Gasteiger partial charge is 0.410 e. The monoisotopic (exact) mass is 340 g/mol. The average Bonchev–Trinajstić information content (AvgIpc) is 2.96. The molecule has 0 unspecified atom stereocenters. The number of nitrogens with zero attached hydrogens (tertiary/aromatic N) is 2. The zero-order chi connectivity index (χ0) is 15.5. The number of rotatable bonds is 3. The van der Waals surface area contributed by atoms with Crippen molar-refractivity contribution in [2.75, 3.05) is 19.0 Å². The van der Waals surface area contributed by atoms with Crippen LogP contribution in [-0.2, 0) is 17.7 Å². The Balaban J connectivity index is 1.77. The minimum absolute atomic E-state index is 0.207. The minimum atomic E-state index is -0.373. The molecule has 0 N–H and O–H groups in total. The first-order valence-electron chi connectivity index (χ1n) is 6.90. The van der Waals surface area contributed by atoms with Crippen LogP contribution in [0.15, 0.2) is 28.8 Å².